The molecule has 0 atom stereocenters. The van der Waals surface area contributed by atoms with Gasteiger partial charge in [0.15, 0.2) is 0 Å². The normalized spacial score (nSPS) is 14.9. The van der Waals surface area contributed by atoms with Crippen LogP contribution in [0.3, 0.4) is 0 Å². The van der Waals surface area contributed by atoms with E-state index < -0.39 is 0 Å². The smallest absolute Gasteiger partial charge is 0.0433 e. The second-order valence-corrected chi connectivity index (χ2v) is 7.14. The van der Waals surface area contributed by atoms with Gasteiger partial charge in [-0.2, -0.15) is 0 Å². The lowest BCUT2D eigenvalue weighted by molar-refractivity contribution is 0.687. The number of aryl methyl sites for hydroxylation is 2. The molecule has 1 aromatic heterocycles. The Morgan fingerprint density at radius 2 is 1.52 bits per heavy atom. The summed E-state index contributed by atoms with van der Waals surface area (Å²) in [5.41, 5.74) is 3.17. The van der Waals surface area contributed by atoms with E-state index in [-0.39, 0.29) is 0 Å². The van der Waals surface area contributed by atoms with Crippen molar-refractivity contribution < 1.29 is 0 Å². The average molecular weight is 288 g/mol. The van der Waals surface area contributed by atoms with Crippen molar-refractivity contribution in [2.45, 2.75) is 25.7 Å². The summed E-state index contributed by atoms with van der Waals surface area (Å²) >= 11 is 1.96. The van der Waals surface area contributed by atoms with Gasteiger partial charge in [0, 0.05) is 20.2 Å². The highest BCUT2D eigenvalue weighted by Gasteiger charge is 2.14. The Bertz CT molecular complexity index is 991. The number of rotatable bonds is 0. The molecule has 0 fully saturated rings. The first kappa shape index (κ1) is 11.8. The third-order valence-electron chi connectivity index (χ3n) is 4.83. The number of hydrogen-bond acceptors (Lipinski definition) is 1. The molecular formula is C20H16S. The summed E-state index contributed by atoms with van der Waals surface area (Å²) in [6.45, 7) is 0. The van der Waals surface area contributed by atoms with Crippen LogP contribution in [-0.4, -0.2) is 0 Å². The number of hydrogen-bond donors (Lipinski definition) is 0. The van der Waals surface area contributed by atoms with Gasteiger partial charge in [-0.05, 0) is 59.7 Å². The van der Waals surface area contributed by atoms with Crippen LogP contribution in [-0.2, 0) is 12.8 Å². The maximum atomic E-state index is 2.47. The second kappa shape index (κ2) is 4.32. The lowest BCUT2D eigenvalue weighted by atomic mass is 9.90. The van der Waals surface area contributed by atoms with E-state index >= 15 is 0 Å². The Morgan fingerprint density at radius 3 is 2.43 bits per heavy atom. The number of fused-ring (bicyclic) bond motifs is 6. The first-order valence-electron chi connectivity index (χ1n) is 7.76. The fourth-order valence-corrected chi connectivity index (χ4v) is 5.02. The highest BCUT2D eigenvalue weighted by Crippen LogP contribution is 2.40. The monoisotopic (exact) mass is 288 g/mol. The molecule has 5 rings (SSSR count). The van der Waals surface area contributed by atoms with Crippen molar-refractivity contribution in [2.24, 2.45) is 0 Å². The van der Waals surface area contributed by atoms with Gasteiger partial charge < -0.3 is 0 Å². The Labute approximate surface area is 128 Å². The summed E-state index contributed by atoms with van der Waals surface area (Å²) in [5, 5.41) is 5.64. The molecule has 1 heterocycles. The van der Waals surface area contributed by atoms with Crippen LogP contribution in [0.2, 0.25) is 0 Å². The van der Waals surface area contributed by atoms with Crippen LogP contribution in [0.25, 0.3) is 30.9 Å². The topological polar surface area (TPSA) is 0 Å². The van der Waals surface area contributed by atoms with Gasteiger partial charge in [0.1, 0.15) is 0 Å². The summed E-state index contributed by atoms with van der Waals surface area (Å²) in [7, 11) is 0. The van der Waals surface area contributed by atoms with E-state index in [0.29, 0.717) is 0 Å². The van der Waals surface area contributed by atoms with E-state index in [9.17, 15) is 0 Å². The Morgan fingerprint density at radius 1 is 0.714 bits per heavy atom. The maximum Gasteiger partial charge on any atom is 0.0433 e. The van der Waals surface area contributed by atoms with E-state index in [1.54, 1.807) is 11.1 Å². The van der Waals surface area contributed by atoms with E-state index in [2.05, 4.69) is 48.5 Å². The first-order valence-corrected chi connectivity index (χ1v) is 8.57. The van der Waals surface area contributed by atoms with Crippen LogP contribution in [0.5, 0.6) is 0 Å². The van der Waals surface area contributed by atoms with Crippen LogP contribution in [0.15, 0.2) is 48.5 Å². The van der Waals surface area contributed by atoms with Crippen LogP contribution < -0.4 is 0 Å². The molecule has 4 aromatic rings. The molecule has 0 nitrogen and oxygen atoms in total. The van der Waals surface area contributed by atoms with E-state index in [4.69, 9.17) is 0 Å². The van der Waals surface area contributed by atoms with Crippen LogP contribution in [0.1, 0.15) is 24.0 Å². The minimum Gasteiger partial charge on any atom is -0.135 e. The molecule has 0 amide bonds. The number of benzene rings is 3. The summed E-state index contributed by atoms with van der Waals surface area (Å²) in [5.74, 6) is 0. The molecule has 0 N–H and O–H groups in total. The van der Waals surface area contributed by atoms with Gasteiger partial charge >= 0.3 is 0 Å². The minimum absolute atomic E-state index is 1.26. The predicted molar refractivity (Wildman–Crippen MR) is 93.5 cm³/mol. The third-order valence-corrected chi connectivity index (χ3v) is 6.03. The first-order chi connectivity index (χ1) is 10.4. The van der Waals surface area contributed by atoms with Crippen molar-refractivity contribution in [3.05, 3.63) is 59.7 Å². The number of thiophene rings is 1. The van der Waals surface area contributed by atoms with Gasteiger partial charge in [-0.25, -0.2) is 0 Å². The summed E-state index contributed by atoms with van der Waals surface area (Å²) < 4.78 is 2.91. The predicted octanol–water partition coefficient (Wildman–Crippen LogP) is 6.09. The van der Waals surface area contributed by atoms with Gasteiger partial charge in [-0.3, -0.25) is 0 Å². The maximum absolute atomic E-state index is 2.47. The minimum atomic E-state index is 1.26. The van der Waals surface area contributed by atoms with Gasteiger partial charge in [0.2, 0.25) is 0 Å². The van der Waals surface area contributed by atoms with Crippen molar-refractivity contribution in [1.82, 2.24) is 0 Å². The summed E-state index contributed by atoms with van der Waals surface area (Å²) in [4.78, 5) is 0. The summed E-state index contributed by atoms with van der Waals surface area (Å²) in [6, 6.07) is 18.3. The molecule has 3 aromatic carbocycles. The van der Waals surface area contributed by atoms with Gasteiger partial charge in [-0.1, -0.05) is 36.4 Å². The van der Waals surface area contributed by atoms with E-state index in [1.165, 1.54) is 56.6 Å². The van der Waals surface area contributed by atoms with Gasteiger partial charge in [-0.15, -0.1) is 11.3 Å². The molecule has 1 aliphatic rings. The molecule has 0 spiro atoms. The molecule has 0 bridgehead atoms. The highest BCUT2D eigenvalue weighted by molar-refractivity contribution is 7.26. The zero-order valence-corrected chi connectivity index (χ0v) is 12.7. The average Bonchev–Trinajstić information content (AvgIpc) is 2.90. The molecule has 0 aliphatic heterocycles. The Balaban J connectivity index is 1.94. The third kappa shape index (κ3) is 1.67. The fourth-order valence-electron chi connectivity index (χ4n) is 3.73. The lowest BCUT2D eigenvalue weighted by Gasteiger charge is -2.15. The highest BCUT2D eigenvalue weighted by atomic mass is 32.1. The van der Waals surface area contributed by atoms with Crippen molar-refractivity contribution in [3.8, 4) is 0 Å². The standard InChI is InChI=1S/C20H16S/c1-2-7-15-12-19-18(11-14(15)6-1)17-10-9-13-5-3-4-8-16(13)20(17)21-19/h3-5,8-12H,1-2,6-7H2. The molecule has 0 saturated carbocycles. The largest absolute Gasteiger partial charge is 0.135 e. The van der Waals surface area contributed by atoms with Crippen molar-refractivity contribution in [1.29, 1.82) is 0 Å². The molecule has 102 valence electrons. The van der Waals surface area contributed by atoms with E-state index in [1.807, 2.05) is 11.3 Å². The van der Waals surface area contributed by atoms with Crippen LogP contribution in [0, 0.1) is 0 Å². The van der Waals surface area contributed by atoms with E-state index in [0.717, 1.165) is 0 Å². The zero-order chi connectivity index (χ0) is 13.8. The quantitative estimate of drug-likeness (QED) is 0.367. The zero-order valence-electron chi connectivity index (χ0n) is 11.9. The molecule has 1 heteroatoms. The van der Waals surface area contributed by atoms with Gasteiger partial charge in [0.05, 0.1) is 0 Å². The molecular weight excluding hydrogens is 272 g/mol. The van der Waals surface area contributed by atoms with Crippen molar-refractivity contribution >= 4 is 42.3 Å². The Kier molecular flexibility index (Phi) is 2.42. The van der Waals surface area contributed by atoms with Crippen LogP contribution >= 0.6 is 11.3 Å². The molecule has 0 unspecified atom stereocenters. The van der Waals surface area contributed by atoms with Crippen LogP contribution in [0.4, 0.5) is 0 Å². The molecule has 1 aliphatic carbocycles. The molecule has 0 saturated heterocycles. The van der Waals surface area contributed by atoms with Crippen molar-refractivity contribution in [3.63, 3.8) is 0 Å². The van der Waals surface area contributed by atoms with Gasteiger partial charge in [0.25, 0.3) is 0 Å². The molecule has 21 heavy (non-hydrogen) atoms. The van der Waals surface area contributed by atoms with Crippen molar-refractivity contribution in [2.75, 3.05) is 0 Å². The lowest BCUT2D eigenvalue weighted by Crippen LogP contribution is -2.01. The molecule has 0 radical (unpaired) electrons. The summed E-state index contributed by atoms with van der Waals surface area (Å²) in [6.07, 6.45) is 5.23. The SMILES string of the molecule is c1ccc2c(c1)ccc1c3cc4c(cc3sc21)CCCC4. The second-order valence-electron chi connectivity index (χ2n) is 6.09. The fraction of sp³-hybridized carbons (Fsp3) is 0.200. The Hall–Kier alpha value is -1.86.